The average molecular weight is 411 g/mol. The van der Waals surface area contributed by atoms with E-state index in [1.807, 2.05) is 42.5 Å². The van der Waals surface area contributed by atoms with Crippen LogP contribution >= 0.6 is 0 Å². The Labute approximate surface area is 171 Å². The molecule has 3 aromatic rings. The second-order valence-corrected chi connectivity index (χ2v) is 7.42. The lowest BCUT2D eigenvalue weighted by Crippen LogP contribution is -2.45. The minimum absolute atomic E-state index is 0.355. The number of hydrogen-bond acceptors (Lipinski definition) is 4. The number of benzene rings is 2. The molecule has 1 amide bonds. The van der Waals surface area contributed by atoms with Gasteiger partial charge in [-0.25, -0.2) is 9.36 Å². The normalized spacial score (nSPS) is 17.2. The van der Waals surface area contributed by atoms with Crippen LogP contribution in [0.15, 0.2) is 58.3 Å². The smallest absolute Gasteiger partial charge is 0.333 e. The molecule has 2 atom stereocenters. The highest BCUT2D eigenvalue weighted by Crippen LogP contribution is 2.21. The van der Waals surface area contributed by atoms with Gasteiger partial charge in [0.25, 0.3) is 5.56 Å². The third-order valence-electron chi connectivity index (χ3n) is 5.32. The van der Waals surface area contributed by atoms with Crippen molar-refractivity contribution in [3.63, 3.8) is 0 Å². The van der Waals surface area contributed by atoms with Gasteiger partial charge in [-0.15, -0.1) is 0 Å². The Kier molecular flexibility index (Phi) is 5.50. The maximum Gasteiger partial charge on any atom is 0.333 e. The SMILES string of the molecule is C[C@H](NC(=O)Cn1c(=O)c(F)cn([C@@H]2CCCO2)c1=O)c1ccc2ccccc2c1. The van der Waals surface area contributed by atoms with Gasteiger partial charge in [-0.05, 0) is 42.2 Å². The van der Waals surface area contributed by atoms with Gasteiger partial charge in [-0.1, -0.05) is 36.4 Å². The number of nitrogens with zero attached hydrogens (tertiary/aromatic N) is 2. The largest absolute Gasteiger partial charge is 0.358 e. The molecule has 4 rings (SSSR count). The summed E-state index contributed by atoms with van der Waals surface area (Å²) in [6.45, 7) is 1.70. The summed E-state index contributed by atoms with van der Waals surface area (Å²) in [4.78, 5) is 37.3. The standard InChI is InChI=1S/C22H22FN3O4/c1-14(16-9-8-15-5-2-3-6-17(15)11-16)24-19(27)13-26-21(28)18(23)12-25(22(26)29)20-7-4-10-30-20/h2-3,5-6,8-9,11-12,14,20H,4,7,10,13H2,1H3,(H,24,27)/t14-,20-/m0/s1. The molecule has 156 valence electrons. The van der Waals surface area contributed by atoms with Crippen molar-refractivity contribution >= 4 is 16.7 Å². The van der Waals surface area contributed by atoms with E-state index in [0.29, 0.717) is 17.6 Å². The third kappa shape index (κ3) is 3.91. The molecule has 2 aromatic carbocycles. The molecule has 0 aliphatic carbocycles. The van der Waals surface area contributed by atoms with Crippen LogP contribution in [0.25, 0.3) is 10.8 Å². The Morgan fingerprint density at radius 3 is 2.73 bits per heavy atom. The summed E-state index contributed by atoms with van der Waals surface area (Å²) in [5.74, 6) is -1.65. The average Bonchev–Trinajstić information content (AvgIpc) is 3.28. The van der Waals surface area contributed by atoms with Crippen LogP contribution in [0.1, 0.15) is 37.6 Å². The van der Waals surface area contributed by atoms with Crippen LogP contribution in [0.5, 0.6) is 0 Å². The Balaban J connectivity index is 1.54. The van der Waals surface area contributed by atoms with E-state index in [9.17, 15) is 18.8 Å². The summed E-state index contributed by atoms with van der Waals surface area (Å²) in [5.41, 5.74) is -1.00. The Morgan fingerprint density at radius 2 is 2.00 bits per heavy atom. The summed E-state index contributed by atoms with van der Waals surface area (Å²) in [5, 5.41) is 4.89. The zero-order valence-electron chi connectivity index (χ0n) is 16.5. The van der Waals surface area contributed by atoms with Crippen molar-refractivity contribution in [2.24, 2.45) is 0 Å². The number of amides is 1. The molecule has 7 nitrogen and oxygen atoms in total. The molecule has 0 saturated carbocycles. The van der Waals surface area contributed by atoms with Crippen LogP contribution in [0.2, 0.25) is 0 Å². The number of aromatic nitrogens is 2. The lowest BCUT2D eigenvalue weighted by molar-refractivity contribution is -0.122. The zero-order valence-corrected chi connectivity index (χ0v) is 16.5. The Hall–Kier alpha value is -3.26. The van der Waals surface area contributed by atoms with Gasteiger partial charge < -0.3 is 10.1 Å². The van der Waals surface area contributed by atoms with Gasteiger partial charge in [0.1, 0.15) is 12.8 Å². The van der Waals surface area contributed by atoms with Gasteiger partial charge >= 0.3 is 5.69 Å². The van der Waals surface area contributed by atoms with E-state index in [2.05, 4.69) is 5.32 Å². The van der Waals surface area contributed by atoms with Gasteiger partial charge in [0, 0.05) is 6.61 Å². The number of hydrogen-bond donors (Lipinski definition) is 1. The van der Waals surface area contributed by atoms with E-state index >= 15 is 0 Å². The van der Waals surface area contributed by atoms with Gasteiger partial charge in [0.2, 0.25) is 11.7 Å². The summed E-state index contributed by atoms with van der Waals surface area (Å²) >= 11 is 0. The molecule has 30 heavy (non-hydrogen) atoms. The minimum Gasteiger partial charge on any atom is -0.358 e. The molecule has 0 unspecified atom stereocenters. The van der Waals surface area contributed by atoms with Crippen LogP contribution in [0.3, 0.4) is 0 Å². The summed E-state index contributed by atoms with van der Waals surface area (Å²) in [6, 6.07) is 13.4. The third-order valence-corrected chi connectivity index (χ3v) is 5.32. The number of halogens is 1. The topological polar surface area (TPSA) is 82.3 Å². The second kappa shape index (κ2) is 8.23. The fourth-order valence-corrected chi connectivity index (χ4v) is 3.70. The fourth-order valence-electron chi connectivity index (χ4n) is 3.70. The lowest BCUT2D eigenvalue weighted by atomic mass is 10.0. The molecule has 0 bridgehead atoms. The number of nitrogens with one attached hydrogen (secondary N) is 1. The molecule has 2 heterocycles. The van der Waals surface area contributed by atoms with Crippen LogP contribution < -0.4 is 16.6 Å². The quantitative estimate of drug-likeness (QED) is 0.699. The van der Waals surface area contributed by atoms with E-state index in [0.717, 1.165) is 33.5 Å². The molecule has 1 fully saturated rings. The number of carbonyl (C=O) groups excluding carboxylic acids is 1. The minimum atomic E-state index is -1.12. The first kappa shape index (κ1) is 20.0. The first-order chi connectivity index (χ1) is 14.4. The van der Waals surface area contributed by atoms with Gasteiger partial charge in [0.15, 0.2) is 0 Å². The highest BCUT2D eigenvalue weighted by atomic mass is 19.1. The van der Waals surface area contributed by atoms with Crippen molar-refractivity contribution in [3.05, 3.63) is 80.9 Å². The number of rotatable bonds is 5. The molecular weight excluding hydrogens is 389 g/mol. The number of carbonyl (C=O) groups is 1. The Morgan fingerprint density at radius 1 is 1.23 bits per heavy atom. The molecule has 0 radical (unpaired) electrons. The monoisotopic (exact) mass is 411 g/mol. The van der Waals surface area contributed by atoms with Gasteiger partial charge in [-0.2, -0.15) is 4.39 Å². The number of ether oxygens (including phenoxy) is 1. The predicted molar refractivity (Wildman–Crippen MR) is 110 cm³/mol. The van der Waals surface area contributed by atoms with Crippen LogP contribution in [0.4, 0.5) is 4.39 Å². The van der Waals surface area contributed by atoms with Crippen LogP contribution in [-0.4, -0.2) is 21.6 Å². The predicted octanol–water partition coefficient (Wildman–Crippen LogP) is 2.49. The fraction of sp³-hybridized carbons (Fsp3) is 0.318. The molecule has 1 saturated heterocycles. The summed E-state index contributed by atoms with van der Waals surface area (Å²) < 4.78 is 21.2. The highest BCUT2D eigenvalue weighted by molar-refractivity contribution is 5.83. The van der Waals surface area contributed by atoms with E-state index in [-0.39, 0.29) is 6.04 Å². The second-order valence-electron chi connectivity index (χ2n) is 7.42. The van der Waals surface area contributed by atoms with Crippen molar-refractivity contribution in [1.82, 2.24) is 14.5 Å². The molecule has 8 heteroatoms. The highest BCUT2D eigenvalue weighted by Gasteiger charge is 2.23. The molecule has 1 aliphatic rings. The van der Waals surface area contributed by atoms with Crippen molar-refractivity contribution in [1.29, 1.82) is 0 Å². The first-order valence-corrected chi connectivity index (χ1v) is 9.85. The van der Waals surface area contributed by atoms with E-state index < -0.39 is 35.7 Å². The summed E-state index contributed by atoms with van der Waals surface area (Å²) in [7, 11) is 0. The molecular formula is C22H22FN3O4. The maximum atomic E-state index is 14.1. The van der Waals surface area contributed by atoms with E-state index in [1.165, 1.54) is 0 Å². The van der Waals surface area contributed by atoms with Crippen molar-refractivity contribution < 1.29 is 13.9 Å². The van der Waals surface area contributed by atoms with Crippen LogP contribution in [-0.2, 0) is 16.1 Å². The molecule has 1 N–H and O–H groups in total. The summed E-state index contributed by atoms with van der Waals surface area (Å²) in [6.07, 6.45) is 1.51. The first-order valence-electron chi connectivity index (χ1n) is 9.85. The lowest BCUT2D eigenvalue weighted by Gasteiger charge is -2.17. The van der Waals surface area contributed by atoms with E-state index in [4.69, 9.17) is 4.74 Å². The number of fused-ring (bicyclic) bond motifs is 1. The Bertz CT molecular complexity index is 1210. The molecule has 1 aliphatic heterocycles. The molecule has 1 aromatic heterocycles. The van der Waals surface area contributed by atoms with Crippen LogP contribution in [0, 0.1) is 5.82 Å². The van der Waals surface area contributed by atoms with Crippen molar-refractivity contribution in [2.45, 2.75) is 38.6 Å². The zero-order chi connectivity index (χ0) is 21.3. The van der Waals surface area contributed by atoms with Gasteiger partial charge in [-0.3, -0.25) is 14.2 Å². The maximum absolute atomic E-state index is 14.1. The van der Waals surface area contributed by atoms with Crippen molar-refractivity contribution in [3.8, 4) is 0 Å². The van der Waals surface area contributed by atoms with E-state index in [1.54, 1.807) is 6.92 Å². The van der Waals surface area contributed by atoms with Gasteiger partial charge in [0.05, 0.1) is 12.2 Å². The molecule has 0 spiro atoms. The van der Waals surface area contributed by atoms with Crippen molar-refractivity contribution in [2.75, 3.05) is 6.61 Å².